The number of methoxy groups -OCH3 is 1. The van der Waals surface area contributed by atoms with Crippen LogP contribution in [0, 0.1) is 0 Å². The van der Waals surface area contributed by atoms with E-state index in [0.29, 0.717) is 28.2 Å². The quantitative estimate of drug-likeness (QED) is 0.403. The van der Waals surface area contributed by atoms with Crippen LogP contribution in [0.3, 0.4) is 0 Å². The number of amides is 1. The number of nitrogens with zero attached hydrogens (tertiary/aromatic N) is 2. The maximum absolute atomic E-state index is 12.8. The maximum atomic E-state index is 12.8. The third kappa shape index (κ3) is 5.46. The molecule has 33 heavy (non-hydrogen) atoms. The number of likely N-dealkylation sites (N-methyl/N-ethyl adjacent to an activating group) is 1. The van der Waals surface area contributed by atoms with E-state index in [1.165, 1.54) is 17.3 Å². The fourth-order valence-corrected chi connectivity index (χ4v) is 4.34. The average Bonchev–Trinajstić information content (AvgIpc) is 3.11. The Hall–Kier alpha value is -3.51. The fourth-order valence-electron chi connectivity index (χ4n) is 3.35. The normalized spacial score (nSPS) is 16.0. The van der Waals surface area contributed by atoms with Crippen molar-refractivity contribution in [3.05, 3.63) is 94.4 Å². The van der Waals surface area contributed by atoms with Crippen LogP contribution in [-0.4, -0.2) is 30.1 Å². The van der Waals surface area contributed by atoms with Crippen molar-refractivity contribution in [3.8, 4) is 11.5 Å². The van der Waals surface area contributed by atoms with Crippen molar-refractivity contribution in [2.75, 3.05) is 14.2 Å². The Bertz CT molecular complexity index is 1190. The molecular formula is C27H26N2O3S. The number of aryl methyl sites for hydroxylation is 1. The summed E-state index contributed by atoms with van der Waals surface area (Å²) in [6.07, 6.45) is 2.84. The first-order valence-electron chi connectivity index (χ1n) is 10.8. The number of thioether (sulfide) groups is 1. The molecule has 0 radical (unpaired) electrons. The number of hydrogen-bond donors (Lipinski definition) is 0. The first kappa shape index (κ1) is 22.7. The minimum absolute atomic E-state index is 0.0766. The first-order chi connectivity index (χ1) is 16.1. The zero-order valence-electron chi connectivity index (χ0n) is 18.9. The molecule has 0 aromatic heterocycles. The van der Waals surface area contributed by atoms with Gasteiger partial charge in [0.15, 0.2) is 16.7 Å². The highest BCUT2D eigenvalue weighted by Crippen LogP contribution is 2.35. The maximum Gasteiger partial charge on any atom is 0.266 e. The summed E-state index contributed by atoms with van der Waals surface area (Å²) in [6, 6.07) is 23.7. The van der Waals surface area contributed by atoms with E-state index in [1.54, 1.807) is 19.1 Å². The highest BCUT2D eigenvalue weighted by atomic mass is 32.2. The lowest BCUT2D eigenvalue weighted by atomic mass is 10.1. The van der Waals surface area contributed by atoms with Gasteiger partial charge in [-0.3, -0.25) is 9.69 Å². The standard InChI is InChI=1S/C27H26N2O3S/c1-4-19-10-13-22(14-11-19)28-27-29(2)26(30)25(33-27)17-21-12-15-23(24(16-21)31-3)32-18-20-8-6-5-7-9-20/h5-17H,4,18H2,1-3H3/b25-17-,28-27?. The van der Waals surface area contributed by atoms with Crippen LogP contribution in [-0.2, 0) is 17.8 Å². The molecule has 0 saturated carbocycles. The van der Waals surface area contributed by atoms with Crippen LogP contribution in [0.15, 0.2) is 82.7 Å². The molecular weight excluding hydrogens is 432 g/mol. The molecule has 0 atom stereocenters. The average molecular weight is 459 g/mol. The van der Waals surface area contributed by atoms with Crippen LogP contribution < -0.4 is 9.47 Å². The zero-order valence-corrected chi connectivity index (χ0v) is 19.8. The van der Waals surface area contributed by atoms with Crippen molar-refractivity contribution >= 4 is 34.6 Å². The summed E-state index contributed by atoms with van der Waals surface area (Å²) < 4.78 is 11.5. The Balaban J connectivity index is 1.51. The number of aliphatic imine (C=N–C) groups is 1. The summed E-state index contributed by atoms with van der Waals surface area (Å²) in [5.41, 5.74) is 4.03. The Morgan fingerprint density at radius 2 is 1.73 bits per heavy atom. The van der Waals surface area contributed by atoms with Gasteiger partial charge >= 0.3 is 0 Å². The lowest BCUT2D eigenvalue weighted by Crippen LogP contribution is -2.23. The topological polar surface area (TPSA) is 51.1 Å². The predicted octanol–water partition coefficient (Wildman–Crippen LogP) is 6.07. The second kappa shape index (κ2) is 10.4. The summed E-state index contributed by atoms with van der Waals surface area (Å²) in [7, 11) is 3.36. The lowest BCUT2D eigenvalue weighted by Gasteiger charge is -2.11. The fraction of sp³-hybridized carbons (Fsp3) is 0.185. The Morgan fingerprint density at radius 3 is 2.42 bits per heavy atom. The van der Waals surface area contributed by atoms with Gasteiger partial charge in [-0.15, -0.1) is 0 Å². The molecule has 1 saturated heterocycles. The minimum atomic E-state index is -0.0766. The van der Waals surface area contributed by atoms with Crippen molar-refractivity contribution in [3.63, 3.8) is 0 Å². The van der Waals surface area contributed by atoms with E-state index in [-0.39, 0.29) is 5.91 Å². The number of benzene rings is 3. The van der Waals surface area contributed by atoms with Gasteiger partial charge in [-0.05, 0) is 65.2 Å². The molecule has 5 nitrogen and oxygen atoms in total. The zero-order chi connectivity index (χ0) is 23.2. The van der Waals surface area contributed by atoms with Crippen molar-refractivity contribution < 1.29 is 14.3 Å². The van der Waals surface area contributed by atoms with Crippen LogP contribution >= 0.6 is 11.8 Å². The molecule has 0 bridgehead atoms. The molecule has 1 amide bonds. The lowest BCUT2D eigenvalue weighted by molar-refractivity contribution is -0.121. The van der Waals surface area contributed by atoms with Gasteiger partial charge < -0.3 is 9.47 Å². The van der Waals surface area contributed by atoms with Crippen LogP contribution in [0.25, 0.3) is 6.08 Å². The van der Waals surface area contributed by atoms with Gasteiger partial charge in [-0.2, -0.15) is 0 Å². The molecule has 3 aromatic carbocycles. The smallest absolute Gasteiger partial charge is 0.266 e. The van der Waals surface area contributed by atoms with E-state index in [2.05, 4.69) is 24.0 Å². The van der Waals surface area contributed by atoms with E-state index < -0.39 is 0 Å². The second-order valence-corrected chi connectivity index (χ2v) is 8.58. The molecule has 0 N–H and O–H groups in total. The van der Waals surface area contributed by atoms with Crippen molar-refractivity contribution in [2.45, 2.75) is 20.0 Å². The Kier molecular flexibility index (Phi) is 7.15. The van der Waals surface area contributed by atoms with E-state index in [9.17, 15) is 4.79 Å². The largest absolute Gasteiger partial charge is 0.493 e. The molecule has 6 heteroatoms. The highest BCUT2D eigenvalue weighted by molar-refractivity contribution is 8.18. The third-order valence-electron chi connectivity index (χ3n) is 5.30. The van der Waals surface area contributed by atoms with Crippen LogP contribution in [0.1, 0.15) is 23.6 Å². The van der Waals surface area contributed by atoms with Crippen molar-refractivity contribution in [1.82, 2.24) is 4.90 Å². The summed E-state index contributed by atoms with van der Waals surface area (Å²) in [5.74, 6) is 1.20. The van der Waals surface area contributed by atoms with Crippen molar-refractivity contribution in [2.24, 2.45) is 4.99 Å². The highest BCUT2D eigenvalue weighted by Gasteiger charge is 2.30. The SMILES string of the molecule is CCc1ccc(N=C2S/C(=C\c3ccc(OCc4ccccc4)c(OC)c3)C(=O)N2C)cc1. The summed E-state index contributed by atoms with van der Waals surface area (Å²) in [4.78, 5) is 19.6. The Labute approximate surface area is 198 Å². The van der Waals surface area contributed by atoms with Gasteiger partial charge in [0.25, 0.3) is 5.91 Å². The van der Waals surface area contributed by atoms with Crippen molar-refractivity contribution in [1.29, 1.82) is 0 Å². The molecule has 1 heterocycles. The number of hydrogen-bond acceptors (Lipinski definition) is 5. The van der Waals surface area contributed by atoms with Gasteiger partial charge in [0, 0.05) is 7.05 Å². The second-order valence-electron chi connectivity index (χ2n) is 7.57. The molecule has 0 aliphatic carbocycles. The molecule has 168 valence electrons. The minimum Gasteiger partial charge on any atom is -0.493 e. The predicted molar refractivity (Wildman–Crippen MR) is 135 cm³/mol. The number of rotatable bonds is 7. The van der Waals surface area contributed by atoms with E-state index in [4.69, 9.17) is 9.47 Å². The Morgan fingerprint density at radius 1 is 0.970 bits per heavy atom. The molecule has 3 aromatic rings. The molecule has 1 aliphatic rings. The molecule has 4 rings (SSSR count). The van der Waals surface area contributed by atoms with Crippen LogP contribution in [0.5, 0.6) is 11.5 Å². The summed E-state index contributed by atoms with van der Waals surface area (Å²) in [5, 5.41) is 0.658. The van der Waals surface area contributed by atoms with Gasteiger partial charge in [-0.25, -0.2) is 4.99 Å². The van der Waals surface area contributed by atoms with Gasteiger partial charge in [0.2, 0.25) is 0 Å². The number of amidine groups is 1. The van der Waals surface area contributed by atoms with E-state index in [1.807, 2.05) is 66.7 Å². The summed E-state index contributed by atoms with van der Waals surface area (Å²) in [6.45, 7) is 2.57. The van der Waals surface area contributed by atoms with Gasteiger partial charge in [-0.1, -0.05) is 55.5 Å². The van der Waals surface area contributed by atoms with Gasteiger partial charge in [0.05, 0.1) is 17.7 Å². The third-order valence-corrected chi connectivity index (χ3v) is 6.36. The van der Waals surface area contributed by atoms with Gasteiger partial charge in [0.1, 0.15) is 6.61 Å². The molecule has 0 spiro atoms. The summed E-state index contributed by atoms with van der Waals surface area (Å²) >= 11 is 1.37. The number of carbonyl (C=O) groups excluding carboxylic acids is 1. The monoisotopic (exact) mass is 458 g/mol. The van der Waals surface area contributed by atoms with E-state index in [0.717, 1.165) is 23.2 Å². The molecule has 0 unspecified atom stereocenters. The molecule has 1 fully saturated rings. The first-order valence-corrected chi connectivity index (χ1v) is 11.6. The van der Waals surface area contributed by atoms with E-state index >= 15 is 0 Å². The number of carbonyl (C=O) groups is 1. The molecule has 1 aliphatic heterocycles. The van der Waals surface area contributed by atoms with Crippen LogP contribution in [0.2, 0.25) is 0 Å². The number of ether oxygens (including phenoxy) is 2. The van der Waals surface area contributed by atoms with Crippen LogP contribution in [0.4, 0.5) is 5.69 Å².